The minimum absolute atomic E-state index is 0.179. The van der Waals surface area contributed by atoms with Crippen LogP contribution in [0.15, 0.2) is 24.3 Å². The Balaban J connectivity index is 1.65. The third-order valence-corrected chi connectivity index (χ3v) is 4.83. The standard InChI is InChI=1S/C18H26N2O2/c1-13-11-22-12-14(2)20(13)17-9-7-16(8-10-17)19-18(21)15-5-3-4-6-15/h7-10,13-15H,3-6,11-12H2,1-2H3,(H,19,21). The summed E-state index contributed by atoms with van der Waals surface area (Å²) < 4.78 is 5.58. The van der Waals surface area contributed by atoms with Crippen LogP contribution in [0.25, 0.3) is 0 Å². The first-order valence-electron chi connectivity index (χ1n) is 8.42. The van der Waals surface area contributed by atoms with Gasteiger partial charge in [-0.2, -0.15) is 0 Å². The average Bonchev–Trinajstić information content (AvgIpc) is 3.03. The Morgan fingerprint density at radius 3 is 2.27 bits per heavy atom. The molecule has 2 fully saturated rings. The highest BCUT2D eigenvalue weighted by molar-refractivity contribution is 5.92. The van der Waals surface area contributed by atoms with E-state index in [4.69, 9.17) is 4.74 Å². The molecule has 3 rings (SSSR count). The van der Waals surface area contributed by atoms with Crippen molar-refractivity contribution in [3.05, 3.63) is 24.3 Å². The summed E-state index contributed by atoms with van der Waals surface area (Å²) in [6.07, 6.45) is 4.44. The van der Waals surface area contributed by atoms with Gasteiger partial charge < -0.3 is 15.0 Å². The zero-order valence-corrected chi connectivity index (χ0v) is 13.5. The zero-order chi connectivity index (χ0) is 15.5. The summed E-state index contributed by atoms with van der Waals surface area (Å²) in [5, 5.41) is 3.05. The predicted octanol–water partition coefficient (Wildman–Crippen LogP) is 3.43. The number of benzene rings is 1. The van der Waals surface area contributed by atoms with E-state index in [2.05, 4.69) is 36.2 Å². The minimum atomic E-state index is 0.179. The lowest BCUT2D eigenvalue weighted by atomic mass is 10.1. The van der Waals surface area contributed by atoms with Gasteiger partial charge in [-0.1, -0.05) is 12.8 Å². The molecule has 1 aliphatic carbocycles. The van der Waals surface area contributed by atoms with Crippen molar-refractivity contribution < 1.29 is 9.53 Å². The molecule has 0 spiro atoms. The van der Waals surface area contributed by atoms with Gasteiger partial charge in [-0.25, -0.2) is 0 Å². The molecule has 4 heteroatoms. The molecule has 2 atom stereocenters. The molecule has 1 saturated carbocycles. The van der Waals surface area contributed by atoms with E-state index in [1.165, 1.54) is 18.5 Å². The van der Waals surface area contributed by atoms with Crippen LogP contribution in [-0.2, 0) is 9.53 Å². The average molecular weight is 302 g/mol. The van der Waals surface area contributed by atoms with Gasteiger partial charge >= 0.3 is 0 Å². The fraction of sp³-hybridized carbons (Fsp3) is 0.611. The smallest absolute Gasteiger partial charge is 0.227 e. The number of carbonyl (C=O) groups is 1. The first-order valence-corrected chi connectivity index (χ1v) is 8.42. The van der Waals surface area contributed by atoms with Gasteiger partial charge in [0.1, 0.15) is 0 Å². The van der Waals surface area contributed by atoms with Crippen LogP contribution < -0.4 is 10.2 Å². The van der Waals surface area contributed by atoms with Crippen molar-refractivity contribution in [3.63, 3.8) is 0 Å². The van der Waals surface area contributed by atoms with E-state index in [9.17, 15) is 4.79 Å². The number of rotatable bonds is 3. The Morgan fingerprint density at radius 2 is 1.68 bits per heavy atom. The summed E-state index contributed by atoms with van der Waals surface area (Å²) >= 11 is 0. The molecule has 1 heterocycles. The molecule has 1 aromatic carbocycles. The van der Waals surface area contributed by atoms with Crippen LogP contribution in [0.2, 0.25) is 0 Å². The van der Waals surface area contributed by atoms with Gasteiger partial charge in [0.05, 0.1) is 13.2 Å². The number of ether oxygens (including phenoxy) is 1. The van der Waals surface area contributed by atoms with Crippen molar-refractivity contribution in [2.24, 2.45) is 5.92 Å². The predicted molar refractivity (Wildman–Crippen MR) is 89.3 cm³/mol. The van der Waals surface area contributed by atoms with Crippen molar-refractivity contribution in [3.8, 4) is 0 Å². The lowest BCUT2D eigenvalue weighted by molar-refractivity contribution is -0.119. The highest BCUT2D eigenvalue weighted by Gasteiger charge is 2.26. The minimum Gasteiger partial charge on any atom is -0.377 e. The van der Waals surface area contributed by atoms with Gasteiger partial charge in [-0.05, 0) is 51.0 Å². The van der Waals surface area contributed by atoms with Gasteiger partial charge in [-0.3, -0.25) is 4.79 Å². The molecule has 2 unspecified atom stereocenters. The second-order valence-electron chi connectivity index (χ2n) is 6.66. The molecule has 1 N–H and O–H groups in total. The molecule has 0 radical (unpaired) electrons. The number of hydrogen-bond donors (Lipinski definition) is 1. The molecule has 0 aromatic heterocycles. The van der Waals surface area contributed by atoms with Crippen LogP contribution in [0.3, 0.4) is 0 Å². The lowest BCUT2D eigenvalue weighted by Gasteiger charge is -2.40. The van der Waals surface area contributed by atoms with Crippen LogP contribution in [0.1, 0.15) is 39.5 Å². The first-order chi connectivity index (χ1) is 10.6. The van der Waals surface area contributed by atoms with Gasteiger partial charge in [-0.15, -0.1) is 0 Å². The molecule has 0 bridgehead atoms. The van der Waals surface area contributed by atoms with Crippen molar-refractivity contribution in [2.75, 3.05) is 23.4 Å². The number of amides is 1. The number of anilines is 2. The molecule has 1 saturated heterocycles. The van der Waals surface area contributed by atoms with E-state index in [-0.39, 0.29) is 11.8 Å². The van der Waals surface area contributed by atoms with Gasteiger partial charge in [0, 0.05) is 29.4 Å². The first kappa shape index (κ1) is 15.3. The summed E-state index contributed by atoms with van der Waals surface area (Å²) in [5.74, 6) is 0.386. The highest BCUT2D eigenvalue weighted by atomic mass is 16.5. The van der Waals surface area contributed by atoms with Crippen LogP contribution in [0.5, 0.6) is 0 Å². The van der Waals surface area contributed by atoms with Gasteiger partial charge in [0.2, 0.25) is 5.91 Å². The zero-order valence-electron chi connectivity index (χ0n) is 13.5. The van der Waals surface area contributed by atoms with Crippen LogP contribution in [0.4, 0.5) is 11.4 Å². The summed E-state index contributed by atoms with van der Waals surface area (Å²) in [6.45, 7) is 5.91. The number of nitrogens with one attached hydrogen (secondary N) is 1. The number of carbonyl (C=O) groups excluding carboxylic acids is 1. The Labute approximate surface area is 132 Å². The van der Waals surface area contributed by atoms with E-state index in [1.807, 2.05) is 12.1 Å². The molecule has 1 aliphatic heterocycles. The third-order valence-electron chi connectivity index (χ3n) is 4.83. The maximum atomic E-state index is 12.2. The quantitative estimate of drug-likeness (QED) is 0.930. The molecule has 22 heavy (non-hydrogen) atoms. The fourth-order valence-corrected chi connectivity index (χ4v) is 3.66. The molecule has 4 nitrogen and oxygen atoms in total. The van der Waals surface area contributed by atoms with Crippen LogP contribution >= 0.6 is 0 Å². The lowest BCUT2D eigenvalue weighted by Crippen LogP contribution is -2.49. The molecule has 120 valence electrons. The van der Waals surface area contributed by atoms with E-state index in [0.717, 1.165) is 31.7 Å². The Kier molecular flexibility index (Phi) is 4.67. The second-order valence-corrected chi connectivity index (χ2v) is 6.66. The topological polar surface area (TPSA) is 41.6 Å². The monoisotopic (exact) mass is 302 g/mol. The Hall–Kier alpha value is -1.55. The fourth-order valence-electron chi connectivity index (χ4n) is 3.66. The van der Waals surface area contributed by atoms with Crippen LogP contribution in [-0.4, -0.2) is 31.2 Å². The second kappa shape index (κ2) is 6.69. The van der Waals surface area contributed by atoms with Crippen molar-refractivity contribution >= 4 is 17.3 Å². The van der Waals surface area contributed by atoms with E-state index in [1.54, 1.807) is 0 Å². The van der Waals surface area contributed by atoms with E-state index >= 15 is 0 Å². The molecular formula is C18H26N2O2. The summed E-state index contributed by atoms with van der Waals surface area (Å²) in [5.41, 5.74) is 2.09. The highest BCUT2D eigenvalue weighted by Crippen LogP contribution is 2.28. The van der Waals surface area contributed by atoms with Crippen molar-refractivity contribution in [1.82, 2.24) is 0 Å². The molecular weight excluding hydrogens is 276 g/mol. The van der Waals surface area contributed by atoms with Gasteiger partial charge in [0.15, 0.2) is 0 Å². The maximum Gasteiger partial charge on any atom is 0.227 e. The maximum absolute atomic E-state index is 12.2. The third kappa shape index (κ3) is 3.27. The largest absolute Gasteiger partial charge is 0.377 e. The summed E-state index contributed by atoms with van der Waals surface area (Å²) in [4.78, 5) is 14.6. The molecule has 2 aliphatic rings. The van der Waals surface area contributed by atoms with Crippen molar-refractivity contribution in [1.29, 1.82) is 0 Å². The normalized spacial score (nSPS) is 26.2. The summed E-state index contributed by atoms with van der Waals surface area (Å²) in [6, 6.07) is 8.98. The van der Waals surface area contributed by atoms with Gasteiger partial charge in [0.25, 0.3) is 0 Å². The number of nitrogens with zero attached hydrogens (tertiary/aromatic N) is 1. The Bertz CT molecular complexity index is 498. The SMILES string of the molecule is CC1COCC(C)N1c1ccc(NC(=O)C2CCCC2)cc1. The van der Waals surface area contributed by atoms with Crippen LogP contribution in [0, 0.1) is 5.92 Å². The van der Waals surface area contributed by atoms with E-state index < -0.39 is 0 Å². The van der Waals surface area contributed by atoms with Crippen molar-refractivity contribution in [2.45, 2.75) is 51.6 Å². The summed E-state index contributed by atoms with van der Waals surface area (Å²) in [7, 11) is 0. The number of morpholine rings is 1. The Morgan fingerprint density at radius 1 is 1.09 bits per heavy atom. The molecule has 1 amide bonds. The molecule has 1 aromatic rings. The number of hydrogen-bond acceptors (Lipinski definition) is 3. The van der Waals surface area contributed by atoms with E-state index in [0.29, 0.717) is 12.1 Å².